The van der Waals surface area contributed by atoms with E-state index in [1.807, 2.05) is 0 Å². The number of hydrogen-bond acceptors (Lipinski definition) is 3. The van der Waals surface area contributed by atoms with Crippen molar-refractivity contribution in [1.82, 2.24) is 5.32 Å². The minimum atomic E-state index is 0.687. The van der Waals surface area contributed by atoms with Crippen LogP contribution in [0.4, 0.5) is 11.4 Å². The second-order valence-corrected chi connectivity index (χ2v) is 6.23. The zero-order valence-electron chi connectivity index (χ0n) is 11.9. The fourth-order valence-corrected chi connectivity index (χ4v) is 4.38. The number of nitrogens with one attached hydrogen (secondary N) is 1. The number of nitrogens with zero attached hydrogens (tertiary/aromatic N) is 2. The van der Waals surface area contributed by atoms with Crippen LogP contribution in [0, 0.1) is 0 Å². The standard InChI is InChI=1S/C16H23N3/c1-3-11-10-18(2)15-6-4-5-12-13-9-17-8-7-14(13)19(11)16(12)15/h4-6,11,13-14,17H,3,7-10H2,1-2H3/t11?,13-,14-/m0/s1. The van der Waals surface area contributed by atoms with Crippen LogP contribution in [0.2, 0.25) is 0 Å². The van der Waals surface area contributed by atoms with Crippen molar-refractivity contribution in [3.05, 3.63) is 23.8 Å². The van der Waals surface area contributed by atoms with E-state index in [1.165, 1.54) is 31.6 Å². The number of piperidine rings is 1. The summed E-state index contributed by atoms with van der Waals surface area (Å²) < 4.78 is 0. The smallest absolute Gasteiger partial charge is 0.0646 e. The van der Waals surface area contributed by atoms with E-state index in [4.69, 9.17) is 0 Å². The predicted molar refractivity (Wildman–Crippen MR) is 80.3 cm³/mol. The summed E-state index contributed by atoms with van der Waals surface area (Å²) in [6, 6.07) is 8.31. The van der Waals surface area contributed by atoms with Crippen LogP contribution in [0.5, 0.6) is 0 Å². The molecule has 3 atom stereocenters. The molecule has 3 aliphatic rings. The second-order valence-electron chi connectivity index (χ2n) is 6.23. The molecule has 0 radical (unpaired) electrons. The fraction of sp³-hybridized carbons (Fsp3) is 0.625. The number of hydrogen-bond donors (Lipinski definition) is 1. The summed E-state index contributed by atoms with van der Waals surface area (Å²) in [7, 11) is 2.25. The Kier molecular flexibility index (Phi) is 2.52. The number of anilines is 2. The van der Waals surface area contributed by atoms with Gasteiger partial charge >= 0.3 is 0 Å². The van der Waals surface area contributed by atoms with Crippen molar-refractivity contribution in [3.63, 3.8) is 0 Å². The summed E-state index contributed by atoms with van der Waals surface area (Å²) in [5, 5.41) is 3.59. The van der Waals surface area contributed by atoms with Gasteiger partial charge in [-0.25, -0.2) is 0 Å². The molecule has 0 bridgehead atoms. The lowest BCUT2D eigenvalue weighted by molar-refractivity contribution is 0.375. The van der Waals surface area contributed by atoms with Gasteiger partial charge in [0.25, 0.3) is 0 Å². The minimum Gasteiger partial charge on any atom is -0.371 e. The zero-order valence-corrected chi connectivity index (χ0v) is 11.9. The Labute approximate surface area is 115 Å². The lowest BCUT2D eigenvalue weighted by atomic mass is 9.90. The molecule has 1 unspecified atom stereocenters. The highest BCUT2D eigenvalue weighted by Crippen LogP contribution is 2.51. The minimum absolute atomic E-state index is 0.687. The molecule has 0 aromatic heterocycles. The highest BCUT2D eigenvalue weighted by molar-refractivity contribution is 5.81. The average Bonchev–Trinajstić information content (AvgIpc) is 2.79. The van der Waals surface area contributed by atoms with Gasteiger partial charge in [-0.05, 0) is 31.0 Å². The van der Waals surface area contributed by atoms with Crippen molar-refractivity contribution >= 4 is 11.4 Å². The molecule has 1 fully saturated rings. The van der Waals surface area contributed by atoms with E-state index in [9.17, 15) is 0 Å². The first-order valence-electron chi connectivity index (χ1n) is 7.64. The molecule has 102 valence electrons. The van der Waals surface area contributed by atoms with Gasteiger partial charge in [0.15, 0.2) is 0 Å². The predicted octanol–water partition coefficient (Wildman–Crippen LogP) is 2.18. The van der Waals surface area contributed by atoms with E-state index in [2.05, 4.69) is 47.3 Å². The SMILES string of the molecule is CCC1CN(C)c2cccc3c2N1[C@H]1CCNC[C@@H]31. The van der Waals surface area contributed by atoms with Crippen LogP contribution in [0.1, 0.15) is 31.2 Å². The molecule has 19 heavy (non-hydrogen) atoms. The largest absolute Gasteiger partial charge is 0.371 e. The van der Waals surface area contributed by atoms with Crippen LogP contribution in [0.3, 0.4) is 0 Å². The summed E-state index contributed by atoms with van der Waals surface area (Å²) in [6.45, 7) is 5.83. The molecule has 0 amide bonds. The molecule has 0 aliphatic carbocycles. The van der Waals surface area contributed by atoms with E-state index in [-0.39, 0.29) is 0 Å². The van der Waals surface area contributed by atoms with Crippen LogP contribution in [-0.4, -0.2) is 38.8 Å². The van der Waals surface area contributed by atoms with Gasteiger partial charge in [0.2, 0.25) is 0 Å². The lowest BCUT2D eigenvalue weighted by Crippen LogP contribution is -2.53. The molecule has 1 N–H and O–H groups in total. The molecule has 0 spiro atoms. The summed E-state index contributed by atoms with van der Waals surface area (Å²) in [5.74, 6) is 0.698. The molecule has 3 heteroatoms. The molecular formula is C16H23N3. The number of likely N-dealkylation sites (N-methyl/N-ethyl adjacent to an activating group) is 1. The van der Waals surface area contributed by atoms with E-state index >= 15 is 0 Å². The quantitative estimate of drug-likeness (QED) is 0.832. The molecule has 1 aromatic rings. The average molecular weight is 257 g/mol. The van der Waals surface area contributed by atoms with E-state index in [0.717, 1.165) is 12.6 Å². The number of fused-ring (bicyclic) bond motifs is 3. The maximum absolute atomic E-state index is 3.59. The first-order chi connectivity index (χ1) is 9.31. The highest BCUT2D eigenvalue weighted by atomic mass is 15.3. The van der Waals surface area contributed by atoms with Crippen LogP contribution in [0.25, 0.3) is 0 Å². The van der Waals surface area contributed by atoms with Gasteiger partial charge in [0.05, 0.1) is 11.4 Å². The Bertz CT molecular complexity index is 499. The maximum Gasteiger partial charge on any atom is 0.0646 e. The second kappa shape index (κ2) is 4.14. The zero-order chi connectivity index (χ0) is 13.0. The summed E-state index contributed by atoms with van der Waals surface area (Å²) in [4.78, 5) is 5.23. The molecule has 3 nitrogen and oxygen atoms in total. The van der Waals surface area contributed by atoms with Crippen LogP contribution in [0.15, 0.2) is 18.2 Å². The van der Waals surface area contributed by atoms with Gasteiger partial charge in [-0.3, -0.25) is 0 Å². The number of rotatable bonds is 1. The Morgan fingerprint density at radius 3 is 3.11 bits per heavy atom. The monoisotopic (exact) mass is 257 g/mol. The Morgan fingerprint density at radius 2 is 2.26 bits per heavy atom. The third-order valence-electron chi connectivity index (χ3n) is 5.27. The summed E-state index contributed by atoms with van der Waals surface area (Å²) in [6.07, 6.45) is 2.54. The Hall–Kier alpha value is -1.22. The van der Waals surface area contributed by atoms with Crippen LogP contribution in [-0.2, 0) is 0 Å². The fourth-order valence-electron chi connectivity index (χ4n) is 4.38. The molecule has 1 saturated heterocycles. The normalized spacial score (nSPS) is 32.2. The third kappa shape index (κ3) is 1.48. The van der Waals surface area contributed by atoms with Crippen LogP contribution < -0.4 is 15.1 Å². The van der Waals surface area contributed by atoms with E-state index in [1.54, 1.807) is 11.3 Å². The van der Waals surface area contributed by atoms with Gasteiger partial charge in [-0.2, -0.15) is 0 Å². The van der Waals surface area contributed by atoms with Gasteiger partial charge in [0.1, 0.15) is 0 Å². The molecular weight excluding hydrogens is 234 g/mol. The Balaban J connectivity index is 1.89. The van der Waals surface area contributed by atoms with Crippen molar-refractivity contribution < 1.29 is 0 Å². The third-order valence-corrected chi connectivity index (χ3v) is 5.27. The van der Waals surface area contributed by atoms with Gasteiger partial charge in [-0.1, -0.05) is 19.1 Å². The van der Waals surface area contributed by atoms with Crippen molar-refractivity contribution in [2.24, 2.45) is 0 Å². The summed E-state index contributed by atoms with van der Waals surface area (Å²) in [5.41, 5.74) is 4.57. The maximum atomic E-state index is 3.59. The topological polar surface area (TPSA) is 18.5 Å². The van der Waals surface area contributed by atoms with Gasteiger partial charge in [-0.15, -0.1) is 0 Å². The highest BCUT2D eigenvalue weighted by Gasteiger charge is 2.45. The number of benzene rings is 1. The van der Waals surface area contributed by atoms with E-state index in [0.29, 0.717) is 12.0 Å². The lowest BCUT2D eigenvalue weighted by Gasteiger charge is -2.45. The molecule has 3 heterocycles. The van der Waals surface area contributed by atoms with Gasteiger partial charge in [0, 0.05) is 38.1 Å². The molecule has 4 rings (SSSR count). The molecule has 0 saturated carbocycles. The van der Waals surface area contributed by atoms with Crippen molar-refractivity contribution in [1.29, 1.82) is 0 Å². The number of para-hydroxylation sites is 1. The first kappa shape index (κ1) is 11.6. The summed E-state index contributed by atoms with van der Waals surface area (Å²) >= 11 is 0. The molecule has 3 aliphatic heterocycles. The van der Waals surface area contributed by atoms with Crippen molar-refractivity contribution in [2.75, 3.05) is 36.5 Å². The van der Waals surface area contributed by atoms with Crippen LogP contribution >= 0.6 is 0 Å². The Morgan fingerprint density at radius 1 is 1.37 bits per heavy atom. The van der Waals surface area contributed by atoms with Crippen molar-refractivity contribution in [3.8, 4) is 0 Å². The molecule has 1 aromatic carbocycles. The van der Waals surface area contributed by atoms with Crippen molar-refractivity contribution in [2.45, 2.75) is 37.8 Å². The van der Waals surface area contributed by atoms with Gasteiger partial charge < -0.3 is 15.1 Å². The first-order valence-corrected chi connectivity index (χ1v) is 7.64. The van der Waals surface area contributed by atoms with E-state index < -0.39 is 0 Å².